The van der Waals surface area contributed by atoms with Crippen LogP contribution in [0.2, 0.25) is 0 Å². The number of carbonyl (C=O) groups excluding carboxylic acids is 1. The Kier molecular flexibility index (Phi) is 4.04. The zero-order valence-electron chi connectivity index (χ0n) is 10.9. The van der Waals surface area contributed by atoms with E-state index in [-0.39, 0.29) is 15.4 Å². The largest absolute Gasteiger partial charge is 0.465 e. The molecule has 0 aliphatic carbocycles. The molecular weight excluding hydrogens is 300 g/mol. The van der Waals surface area contributed by atoms with Gasteiger partial charge in [0.1, 0.15) is 9.73 Å². The minimum absolute atomic E-state index is 0.0844. The van der Waals surface area contributed by atoms with Crippen molar-refractivity contribution in [2.45, 2.75) is 9.79 Å². The van der Waals surface area contributed by atoms with E-state index in [2.05, 4.69) is 4.74 Å². The highest BCUT2D eigenvalue weighted by Gasteiger charge is 2.16. The van der Waals surface area contributed by atoms with Crippen LogP contribution >= 0.6 is 0 Å². The maximum absolute atomic E-state index is 13.2. The Balaban J connectivity index is 2.44. The lowest BCUT2D eigenvalue weighted by Gasteiger charge is -2.09. The first-order chi connectivity index (χ1) is 9.86. The van der Waals surface area contributed by atoms with Gasteiger partial charge >= 0.3 is 5.97 Å². The number of halogens is 2. The summed E-state index contributed by atoms with van der Waals surface area (Å²) in [6, 6.07) is 8.01. The van der Waals surface area contributed by atoms with E-state index in [4.69, 9.17) is 4.78 Å². The molecule has 2 aromatic rings. The van der Waals surface area contributed by atoms with Gasteiger partial charge in [-0.1, -0.05) is 0 Å². The van der Waals surface area contributed by atoms with Crippen molar-refractivity contribution in [2.75, 3.05) is 7.11 Å². The SMILES string of the molecule is COC(=O)c1ccc(S(=N)(=O)c2ccc(F)c(F)c2)cc1. The van der Waals surface area contributed by atoms with Gasteiger partial charge in [-0.05, 0) is 42.5 Å². The third kappa shape index (κ3) is 2.92. The number of ether oxygens (including phenoxy) is 1. The topological polar surface area (TPSA) is 67.2 Å². The van der Waals surface area contributed by atoms with Gasteiger partial charge in [-0.2, -0.15) is 0 Å². The molecule has 0 fully saturated rings. The second-order valence-corrected chi connectivity index (χ2v) is 6.20. The molecule has 0 bridgehead atoms. The van der Waals surface area contributed by atoms with Crippen molar-refractivity contribution in [3.05, 3.63) is 59.7 Å². The number of nitrogens with one attached hydrogen (secondary N) is 1. The van der Waals surface area contributed by atoms with E-state index in [0.717, 1.165) is 18.2 Å². The smallest absolute Gasteiger partial charge is 0.337 e. The summed E-state index contributed by atoms with van der Waals surface area (Å²) in [4.78, 5) is 11.2. The monoisotopic (exact) mass is 311 g/mol. The fourth-order valence-corrected chi connectivity index (χ4v) is 3.01. The van der Waals surface area contributed by atoms with E-state index < -0.39 is 27.3 Å². The first-order valence-corrected chi connectivity index (χ1v) is 7.34. The summed E-state index contributed by atoms with van der Waals surface area (Å²) < 4.78 is 51.0. The minimum Gasteiger partial charge on any atom is -0.465 e. The Hall–Kier alpha value is -2.28. The molecule has 0 aromatic heterocycles. The predicted molar refractivity (Wildman–Crippen MR) is 71.5 cm³/mol. The van der Waals surface area contributed by atoms with E-state index in [0.29, 0.717) is 0 Å². The van der Waals surface area contributed by atoms with Crippen molar-refractivity contribution in [1.29, 1.82) is 4.78 Å². The average molecular weight is 311 g/mol. The zero-order chi connectivity index (χ0) is 15.6. The zero-order valence-corrected chi connectivity index (χ0v) is 11.7. The van der Waals surface area contributed by atoms with Gasteiger partial charge in [0, 0.05) is 0 Å². The standard InChI is InChI=1S/C14H11F2NO3S/c1-20-14(18)9-2-4-10(5-3-9)21(17,19)11-6-7-12(15)13(16)8-11/h2-8,17H,1H3. The third-order valence-electron chi connectivity index (χ3n) is 2.83. The first kappa shape index (κ1) is 15.1. The number of carbonyl (C=O) groups is 1. The Labute approximate surface area is 120 Å². The summed E-state index contributed by atoms with van der Waals surface area (Å²) in [7, 11) is -2.26. The number of hydrogen-bond donors (Lipinski definition) is 1. The second kappa shape index (κ2) is 5.61. The fraction of sp³-hybridized carbons (Fsp3) is 0.0714. The molecule has 0 spiro atoms. The van der Waals surface area contributed by atoms with Gasteiger partial charge in [0.25, 0.3) is 0 Å². The number of rotatable bonds is 3. The van der Waals surface area contributed by atoms with Crippen LogP contribution in [0.15, 0.2) is 52.3 Å². The number of hydrogen-bond acceptors (Lipinski definition) is 4. The van der Waals surface area contributed by atoms with Crippen molar-refractivity contribution in [3.8, 4) is 0 Å². The molecule has 4 nitrogen and oxygen atoms in total. The van der Waals surface area contributed by atoms with Crippen molar-refractivity contribution >= 4 is 15.7 Å². The predicted octanol–water partition coefficient (Wildman–Crippen LogP) is 3.22. The van der Waals surface area contributed by atoms with Crippen LogP contribution in [0, 0.1) is 16.4 Å². The van der Waals surface area contributed by atoms with Crippen LogP contribution in [0.25, 0.3) is 0 Å². The minimum atomic E-state index is -3.49. The van der Waals surface area contributed by atoms with Gasteiger partial charge < -0.3 is 4.74 Å². The van der Waals surface area contributed by atoms with Gasteiger partial charge in [0.2, 0.25) is 0 Å². The molecule has 0 radical (unpaired) electrons. The van der Waals surface area contributed by atoms with Crippen LogP contribution in [0.5, 0.6) is 0 Å². The van der Waals surface area contributed by atoms with Crippen LogP contribution in [-0.4, -0.2) is 17.3 Å². The van der Waals surface area contributed by atoms with E-state index in [9.17, 15) is 17.8 Å². The van der Waals surface area contributed by atoms with E-state index in [1.807, 2.05) is 0 Å². The Morgan fingerprint density at radius 1 is 1.05 bits per heavy atom. The van der Waals surface area contributed by atoms with Gasteiger partial charge in [0.05, 0.1) is 22.5 Å². The van der Waals surface area contributed by atoms with Gasteiger partial charge in [0.15, 0.2) is 11.6 Å². The van der Waals surface area contributed by atoms with E-state index in [1.165, 1.54) is 31.4 Å². The Morgan fingerprint density at radius 3 is 2.14 bits per heavy atom. The third-order valence-corrected chi connectivity index (χ3v) is 4.68. The molecule has 2 rings (SSSR count). The van der Waals surface area contributed by atoms with Crippen molar-refractivity contribution in [1.82, 2.24) is 0 Å². The summed E-state index contributed by atoms with van der Waals surface area (Å²) >= 11 is 0. The number of methoxy groups -OCH3 is 1. The molecule has 1 unspecified atom stereocenters. The summed E-state index contributed by atoms with van der Waals surface area (Å²) in [6.07, 6.45) is 0. The highest BCUT2D eigenvalue weighted by Crippen LogP contribution is 2.23. The molecule has 0 saturated carbocycles. The molecule has 110 valence electrons. The van der Waals surface area contributed by atoms with Crippen molar-refractivity contribution < 1.29 is 22.5 Å². The summed E-state index contributed by atoms with van der Waals surface area (Å²) in [5, 5.41) is 0. The van der Waals surface area contributed by atoms with Crippen LogP contribution in [0.1, 0.15) is 10.4 Å². The molecule has 1 N–H and O–H groups in total. The fourth-order valence-electron chi connectivity index (χ4n) is 1.69. The van der Waals surface area contributed by atoms with Crippen LogP contribution < -0.4 is 0 Å². The molecule has 0 saturated heterocycles. The highest BCUT2D eigenvalue weighted by atomic mass is 32.2. The summed E-state index contributed by atoms with van der Waals surface area (Å²) in [5.74, 6) is -2.81. The molecule has 0 heterocycles. The van der Waals surface area contributed by atoms with Crippen LogP contribution in [0.3, 0.4) is 0 Å². The van der Waals surface area contributed by atoms with Crippen LogP contribution in [0.4, 0.5) is 8.78 Å². The molecular formula is C14H11F2NO3S. The van der Waals surface area contributed by atoms with E-state index in [1.54, 1.807) is 0 Å². The lowest BCUT2D eigenvalue weighted by atomic mass is 10.2. The van der Waals surface area contributed by atoms with Gasteiger partial charge in [-0.25, -0.2) is 22.6 Å². The molecule has 7 heteroatoms. The maximum Gasteiger partial charge on any atom is 0.337 e. The molecule has 1 atom stereocenters. The number of benzene rings is 2. The molecule has 0 amide bonds. The molecule has 2 aromatic carbocycles. The van der Waals surface area contributed by atoms with Gasteiger partial charge in [-0.15, -0.1) is 0 Å². The lowest BCUT2D eigenvalue weighted by Crippen LogP contribution is -2.04. The highest BCUT2D eigenvalue weighted by molar-refractivity contribution is 7.92. The van der Waals surface area contributed by atoms with Crippen molar-refractivity contribution in [2.24, 2.45) is 0 Å². The van der Waals surface area contributed by atoms with Gasteiger partial charge in [-0.3, -0.25) is 0 Å². The molecule has 0 aliphatic rings. The van der Waals surface area contributed by atoms with Crippen molar-refractivity contribution in [3.63, 3.8) is 0 Å². The molecule has 21 heavy (non-hydrogen) atoms. The lowest BCUT2D eigenvalue weighted by molar-refractivity contribution is 0.0600. The Morgan fingerprint density at radius 2 is 1.62 bits per heavy atom. The quantitative estimate of drug-likeness (QED) is 0.885. The average Bonchev–Trinajstić information content (AvgIpc) is 2.49. The second-order valence-electron chi connectivity index (χ2n) is 4.15. The summed E-state index contributed by atoms with van der Waals surface area (Å²) in [6.45, 7) is 0. The first-order valence-electron chi connectivity index (χ1n) is 5.78. The maximum atomic E-state index is 13.2. The van der Waals surface area contributed by atoms with Crippen LogP contribution in [-0.2, 0) is 14.5 Å². The van der Waals surface area contributed by atoms with E-state index >= 15 is 0 Å². The normalized spacial score (nSPS) is 13.5. The number of esters is 1. The summed E-state index contributed by atoms with van der Waals surface area (Å²) in [5.41, 5.74) is 0.238. The molecule has 0 aliphatic heterocycles. The Bertz CT molecular complexity index is 786.